The van der Waals surface area contributed by atoms with Crippen LogP contribution in [0.3, 0.4) is 0 Å². The fourth-order valence-electron chi connectivity index (χ4n) is 4.29. The third kappa shape index (κ3) is 3.58. The molecule has 1 atom stereocenters. The van der Waals surface area contributed by atoms with Gasteiger partial charge in [0.2, 0.25) is 0 Å². The minimum absolute atomic E-state index is 0.218. The van der Waals surface area contributed by atoms with Gasteiger partial charge in [-0.15, -0.1) is 0 Å². The van der Waals surface area contributed by atoms with E-state index in [1.54, 1.807) is 24.3 Å². The van der Waals surface area contributed by atoms with E-state index in [1.165, 1.54) is 7.11 Å². The highest BCUT2D eigenvalue weighted by Crippen LogP contribution is 2.47. The van der Waals surface area contributed by atoms with Crippen LogP contribution in [0.5, 0.6) is 0 Å². The Kier molecular flexibility index (Phi) is 5.64. The number of ketones is 1. The van der Waals surface area contributed by atoms with E-state index in [0.717, 1.165) is 27.2 Å². The predicted molar refractivity (Wildman–Crippen MR) is 119 cm³/mol. The normalized spacial score (nSPS) is 13.0. The number of nitrogens with two attached hydrogens (primary N) is 1. The molecule has 0 unspecified atom stereocenters. The molecule has 0 spiro atoms. The molecular formula is C25H22N2O5. The first-order valence-electron chi connectivity index (χ1n) is 10.1. The van der Waals surface area contributed by atoms with Crippen molar-refractivity contribution < 1.29 is 24.2 Å². The van der Waals surface area contributed by atoms with Crippen molar-refractivity contribution in [3.05, 3.63) is 89.5 Å². The molecule has 0 aromatic heterocycles. The van der Waals surface area contributed by atoms with Gasteiger partial charge in [0.1, 0.15) is 6.04 Å². The van der Waals surface area contributed by atoms with E-state index in [-0.39, 0.29) is 11.3 Å². The van der Waals surface area contributed by atoms with E-state index in [4.69, 9.17) is 10.5 Å². The van der Waals surface area contributed by atoms with E-state index in [1.807, 2.05) is 48.5 Å². The quantitative estimate of drug-likeness (QED) is 0.449. The number of methoxy groups -OCH3 is 1. The zero-order chi connectivity index (χ0) is 22.8. The monoisotopic (exact) mass is 430 g/mol. The van der Waals surface area contributed by atoms with Crippen molar-refractivity contribution in [1.29, 1.82) is 0 Å². The molecule has 0 saturated carbocycles. The van der Waals surface area contributed by atoms with Crippen LogP contribution in [0.15, 0.2) is 72.8 Å². The number of para-hydroxylation sites is 1. The van der Waals surface area contributed by atoms with Crippen LogP contribution >= 0.6 is 0 Å². The Morgan fingerprint density at radius 1 is 0.938 bits per heavy atom. The number of ether oxygens (including phenoxy) is 1. The number of amides is 1. The highest BCUT2D eigenvalue weighted by molar-refractivity contribution is 6.03. The molecule has 0 bridgehead atoms. The second kappa shape index (κ2) is 8.55. The zero-order valence-electron chi connectivity index (χ0n) is 17.4. The third-order valence-electron chi connectivity index (χ3n) is 5.73. The molecule has 3 aromatic carbocycles. The minimum atomic E-state index is -1.46. The van der Waals surface area contributed by atoms with E-state index < -0.39 is 36.4 Å². The lowest BCUT2D eigenvalue weighted by atomic mass is 9.97. The molecule has 3 aromatic rings. The summed E-state index contributed by atoms with van der Waals surface area (Å²) in [6.07, 6.45) is -1.28. The van der Waals surface area contributed by atoms with Crippen LogP contribution < -0.4 is 5.73 Å². The average Bonchev–Trinajstić information content (AvgIpc) is 3.13. The largest absolute Gasteiger partial charge is 0.480 e. The van der Waals surface area contributed by atoms with Crippen molar-refractivity contribution in [2.45, 2.75) is 18.5 Å². The number of nitrogen functional groups attached to an aromatic ring is 1. The summed E-state index contributed by atoms with van der Waals surface area (Å²) in [5.41, 5.74) is 9.75. The zero-order valence-corrected chi connectivity index (χ0v) is 17.4. The first kappa shape index (κ1) is 21.1. The Morgan fingerprint density at radius 2 is 1.47 bits per heavy atom. The molecule has 0 aliphatic heterocycles. The molecule has 0 fully saturated rings. The first-order valence-corrected chi connectivity index (χ1v) is 10.1. The van der Waals surface area contributed by atoms with Gasteiger partial charge in [-0.2, -0.15) is 0 Å². The number of hydrogen-bond donors (Lipinski definition) is 2. The van der Waals surface area contributed by atoms with E-state index in [9.17, 15) is 19.5 Å². The minimum Gasteiger partial charge on any atom is -0.480 e. The molecule has 0 radical (unpaired) electrons. The fourth-order valence-corrected chi connectivity index (χ4v) is 4.29. The van der Waals surface area contributed by atoms with Gasteiger partial charge in [0.25, 0.3) is 0 Å². The summed E-state index contributed by atoms with van der Waals surface area (Å²) in [6.45, 7) is 0. The molecule has 7 heteroatoms. The number of benzene rings is 3. The average molecular weight is 430 g/mol. The summed E-state index contributed by atoms with van der Waals surface area (Å²) in [5, 5.41) is 10.1. The molecule has 0 saturated heterocycles. The SMILES string of the molecule is COC(=O)N(C1c2ccccc2-c2ccccc21)[C@@H](CC(=O)c1ccccc1N)C(=O)O. The van der Waals surface area contributed by atoms with Crippen LogP contribution in [0.1, 0.15) is 33.9 Å². The summed E-state index contributed by atoms with van der Waals surface area (Å²) in [6, 6.07) is 19.3. The van der Waals surface area contributed by atoms with Crippen molar-refractivity contribution >= 4 is 23.5 Å². The number of anilines is 1. The molecule has 0 heterocycles. The van der Waals surface area contributed by atoms with Gasteiger partial charge in [0.15, 0.2) is 5.78 Å². The lowest BCUT2D eigenvalue weighted by Crippen LogP contribution is -2.48. The summed E-state index contributed by atoms with van der Waals surface area (Å²) >= 11 is 0. The van der Waals surface area contributed by atoms with E-state index in [2.05, 4.69) is 0 Å². The fraction of sp³-hybridized carbons (Fsp3) is 0.160. The molecular weight excluding hydrogens is 408 g/mol. The lowest BCUT2D eigenvalue weighted by molar-refractivity contribution is -0.143. The van der Waals surface area contributed by atoms with Gasteiger partial charge >= 0.3 is 12.1 Å². The maximum atomic E-state index is 13.0. The van der Waals surface area contributed by atoms with E-state index >= 15 is 0 Å². The molecule has 7 nitrogen and oxygen atoms in total. The number of aliphatic carboxylic acids is 1. The number of Topliss-reactive ketones (excluding diaryl/α,β-unsaturated/α-hetero) is 1. The van der Waals surface area contributed by atoms with Gasteiger partial charge in [-0.25, -0.2) is 9.59 Å². The highest BCUT2D eigenvalue weighted by atomic mass is 16.5. The molecule has 162 valence electrons. The molecule has 32 heavy (non-hydrogen) atoms. The van der Waals surface area contributed by atoms with Gasteiger partial charge in [-0.1, -0.05) is 60.7 Å². The highest BCUT2D eigenvalue weighted by Gasteiger charge is 2.43. The van der Waals surface area contributed by atoms with Crippen molar-refractivity contribution in [1.82, 2.24) is 4.90 Å². The van der Waals surface area contributed by atoms with Gasteiger partial charge in [-0.3, -0.25) is 9.69 Å². The topological polar surface area (TPSA) is 110 Å². The standard InChI is InChI=1S/C25H22N2O5/c1-32-25(31)27(21(24(29)30)14-22(28)19-12-6-7-13-20(19)26)23-17-10-4-2-8-15(17)16-9-3-5-11-18(16)23/h2-13,21,23H,14,26H2,1H3,(H,29,30)/t21-/m0/s1. The number of fused-ring (bicyclic) bond motifs is 3. The number of nitrogens with zero attached hydrogens (tertiary/aromatic N) is 1. The van der Waals surface area contributed by atoms with Crippen molar-refractivity contribution in [2.75, 3.05) is 12.8 Å². The summed E-state index contributed by atoms with van der Waals surface area (Å²) in [7, 11) is 1.19. The van der Waals surface area contributed by atoms with Crippen molar-refractivity contribution in [3.8, 4) is 11.1 Å². The number of rotatable bonds is 6. The second-order valence-corrected chi connectivity index (χ2v) is 7.52. The Hall–Kier alpha value is -4.13. The maximum absolute atomic E-state index is 13.0. The lowest BCUT2D eigenvalue weighted by Gasteiger charge is -2.34. The van der Waals surface area contributed by atoms with E-state index in [0.29, 0.717) is 0 Å². The Labute approximate surface area is 185 Å². The van der Waals surface area contributed by atoms with Crippen molar-refractivity contribution in [2.24, 2.45) is 0 Å². The third-order valence-corrected chi connectivity index (χ3v) is 5.73. The first-order chi connectivity index (χ1) is 15.4. The van der Waals surface area contributed by atoms with Crippen molar-refractivity contribution in [3.63, 3.8) is 0 Å². The number of hydrogen-bond acceptors (Lipinski definition) is 5. The number of carbonyl (C=O) groups is 3. The van der Waals surface area contributed by atoms with Crippen LogP contribution in [0, 0.1) is 0 Å². The summed E-state index contributed by atoms with van der Waals surface area (Å²) in [5.74, 6) is -1.77. The van der Waals surface area contributed by atoms with Gasteiger partial charge < -0.3 is 15.6 Å². The molecule has 3 N–H and O–H groups in total. The number of carbonyl (C=O) groups excluding carboxylic acids is 2. The summed E-state index contributed by atoms with van der Waals surface area (Å²) in [4.78, 5) is 39.4. The second-order valence-electron chi connectivity index (χ2n) is 7.52. The van der Waals surface area contributed by atoms with Gasteiger partial charge in [-0.05, 0) is 34.4 Å². The molecule has 1 aliphatic rings. The molecule has 1 amide bonds. The Bertz CT molecular complexity index is 1160. The van der Waals surface area contributed by atoms with Crippen LogP contribution in [0.2, 0.25) is 0 Å². The van der Waals surface area contributed by atoms with Gasteiger partial charge in [0, 0.05) is 17.7 Å². The molecule has 4 rings (SSSR count). The maximum Gasteiger partial charge on any atom is 0.411 e. The van der Waals surface area contributed by atoms with Crippen LogP contribution in [-0.4, -0.2) is 41.0 Å². The Balaban J connectivity index is 1.81. The van der Waals surface area contributed by atoms with Crippen LogP contribution in [0.4, 0.5) is 10.5 Å². The van der Waals surface area contributed by atoms with Crippen LogP contribution in [-0.2, 0) is 9.53 Å². The van der Waals surface area contributed by atoms with Crippen LogP contribution in [0.25, 0.3) is 11.1 Å². The predicted octanol–water partition coefficient (Wildman–Crippen LogP) is 4.13. The Morgan fingerprint density at radius 3 is 2.00 bits per heavy atom. The van der Waals surface area contributed by atoms with Gasteiger partial charge in [0.05, 0.1) is 13.2 Å². The smallest absolute Gasteiger partial charge is 0.411 e. The molecule has 1 aliphatic carbocycles. The number of carboxylic acid groups (broad SMARTS) is 1. The number of carboxylic acids is 1. The summed E-state index contributed by atoms with van der Waals surface area (Å²) < 4.78 is 4.98.